The molecule has 0 amide bonds. The molecule has 0 aliphatic heterocycles. The topological polar surface area (TPSA) is 77.5 Å². The summed E-state index contributed by atoms with van der Waals surface area (Å²) in [7, 11) is -3.92. The summed E-state index contributed by atoms with van der Waals surface area (Å²) < 4.78 is 43.6. The van der Waals surface area contributed by atoms with Crippen molar-refractivity contribution < 1.29 is 27.1 Å². The Morgan fingerprint density at radius 3 is 1.59 bits per heavy atom. The Bertz CT molecular complexity index is 1540. The Morgan fingerprint density at radius 1 is 0.676 bits per heavy atom. The van der Waals surface area contributed by atoms with Gasteiger partial charge in [-0.3, -0.25) is 9.59 Å². The highest BCUT2D eigenvalue weighted by atomic mass is 32.2. The van der Waals surface area contributed by atoms with Gasteiger partial charge >= 0.3 is 0 Å². The Labute approximate surface area is 215 Å². The van der Waals surface area contributed by atoms with Gasteiger partial charge in [0.2, 0.25) is 0 Å². The van der Waals surface area contributed by atoms with E-state index in [-0.39, 0.29) is 16.2 Å². The molecule has 0 heterocycles. The molecule has 0 bridgehead atoms. The fourth-order valence-corrected chi connectivity index (χ4v) is 5.18. The molecule has 0 saturated carbocycles. The van der Waals surface area contributed by atoms with Gasteiger partial charge in [-0.25, -0.2) is 12.8 Å². The maximum Gasteiger partial charge on any atom is 0.193 e. The van der Waals surface area contributed by atoms with Crippen LogP contribution in [0.2, 0.25) is 0 Å². The lowest BCUT2D eigenvalue weighted by atomic mass is 10.0. The van der Waals surface area contributed by atoms with Gasteiger partial charge in [0.15, 0.2) is 21.4 Å². The van der Waals surface area contributed by atoms with Crippen LogP contribution < -0.4 is 4.74 Å². The fourth-order valence-electron chi connectivity index (χ4n) is 3.73. The lowest BCUT2D eigenvalue weighted by molar-refractivity contribution is 0.0953. The molecule has 7 heteroatoms. The van der Waals surface area contributed by atoms with E-state index in [1.54, 1.807) is 48.5 Å². The van der Waals surface area contributed by atoms with Gasteiger partial charge in [0.25, 0.3) is 0 Å². The molecule has 0 fully saturated rings. The molecular weight excluding hydrogens is 491 g/mol. The van der Waals surface area contributed by atoms with Crippen molar-refractivity contribution in [3.63, 3.8) is 0 Å². The normalized spacial score (nSPS) is 11.7. The number of rotatable bonds is 8. The van der Waals surface area contributed by atoms with Crippen molar-refractivity contribution in [1.82, 2.24) is 0 Å². The van der Waals surface area contributed by atoms with E-state index in [2.05, 4.69) is 0 Å². The Balaban J connectivity index is 1.46. The second-order valence-corrected chi connectivity index (χ2v) is 11.6. The molecule has 4 aromatic rings. The first-order chi connectivity index (χ1) is 17.5. The molecule has 0 atom stereocenters. The quantitative estimate of drug-likeness (QED) is 0.247. The van der Waals surface area contributed by atoms with Gasteiger partial charge < -0.3 is 4.74 Å². The van der Waals surface area contributed by atoms with Crippen molar-refractivity contribution >= 4 is 21.4 Å². The summed E-state index contributed by atoms with van der Waals surface area (Å²) in [6, 6.07) is 24.4. The van der Waals surface area contributed by atoms with Crippen LogP contribution in [0.25, 0.3) is 0 Å². The number of sulfone groups is 1. The molecule has 0 aliphatic rings. The van der Waals surface area contributed by atoms with Crippen LogP contribution in [-0.2, 0) is 9.84 Å². The Morgan fingerprint density at radius 2 is 1.11 bits per heavy atom. The zero-order chi connectivity index (χ0) is 26.8. The van der Waals surface area contributed by atoms with Crippen LogP contribution in [0.15, 0.2) is 102 Å². The summed E-state index contributed by atoms with van der Waals surface area (Å²) in [5, 5.41) is 0. The third-order valence-electron chi connectivity index (χ3n) is 6.13. The Kier molecular flexibility index (Phi) is 7.09. The number of ketones is 2. The number of hydrogen-bond acceptors (Lipinski definition) is 5. The van der Waals surface area contributed by atoms with Crippen molar-refractivity contribution in [3.05, 3.63) is 125 Å². The number of aryl methyl sites for hydroxylation is 1. The molecule has 0 aromatic heterocycles. The van der Waals surface area contributed by atoms with Gasteiger partial charge in [-0.05, 0) is 106 Å². The molecule has 0 N–H and O–H groups in total. The van der Waals surface area contributed by atoms with Gasteiger partial charge in [0, 0.05) is 16.7 Å². The minimum absolute atomic E-state index is 0.0951. The van der Waals surface area contributed by atoms with Crippen LogP contribution in [0.4, 0.5) is 4.39 Å². The van der Waals surface area contributed by atoms with Crippen molar-refractivity contribution in [1.29, 1.82) is 0 Å². The van der Waals surface area contributed by atoms with Gasteiger partial charge in [-0.15, -0.1) is 0 Å². The van der Waals surface area contributed by atoms with Crippen LogP contribution >= 0.6 is 0 Å². The minimum atomic E-state index is -3.92. The number of Topliss-reactive ketones (excluding diaryl/α,β-unsaturated/α-hetero) is 1. The summed E-state index contributed by atoms with van der Waals surface area (Å²) in [4.78, 5) is 25.8. The summed E-state index contributed by atoms with van der Waals surface area (Å²) in [5.74, 6) is -0.268. The van der Waals surface area contributed by atoms with Crippen molar-refractivity contribution in [2.75, 3.05) is 0 Å². The highest BCUT2D eigenvalue weighted by Gasteiger charge is 2.43. The first-order valence-corrected chi connectivity index (χ1v) is 13.0. The van der Waals surface area contributed by atoms with E-state index < -0.39 is 26.2 Å². The summed E-state index contributed by atoms with van der Waals surface area (Å²) in [5.41, 5.74) is 1.97. The number of carbonyl (C=O) groups excluding carboxylic acids is 2. The van der Waals surface area contributed by atoms with E-state index in [1.165, 1.54) is 62.4 Å². The molecule has 4 aromatic carbocycles. The van der Waals surface area contributed by atoms with Gasteiger partial charge in [0.1, 0.15) is 22.1 Å². The molecular formula is C30H25FO5S. The van der Waals surface area contributed by atoms with Gasteiger partial charge in [0.05, 0.1) is 4.90 Å². The van der Waals surface area contributed by atoms with Crippen molar-refractivity contribution in [2.24, 2.45) is 0 Å². The third-order valence-corrected chi connectivity index (χ3v) is 8.55. The second kappa shape index (κ2) is 10.1. The average Bonchev–Trinajstić information content (AvgIpc) is 2.89. The molecule has 0 spiro atoms. The van der Waals surface area contributed by atoms with E-state index in [0.29, 0.717) is 22.6 Å². The lowest BCUT2D eigenvalue weighted by Crippen LogP contribution is -2.40. The molecule has 0 saturated heterocycles. The van der Waals surface area contributed by atoms with E-state index in [1.807, 2.05) is 6.92 Å². The first-order valence-electron chi connectivity index (χ1n) is 11.5. The van der Waals surface area contributed by atoms with Crippen LogP contribution in [0.3, 0.4) is 0 Å². The standard InChI is InChI=1S/C30H25FO5S/c1-20-4-18-27(19-5-20)37(34,35)30(2,3)29(33)23-10-16-26(17-11-23)36-25-14-8-22(9-15-25)28(32)21-6-12-24(31)13-7-21/h4-19H,1-3H3. The predicted molar refractivity (Wildman–Crippen MR) is 140 cm³/mol. The molecule has 5 nitrogen and oxygen atoms in total. The van der Waals surface area contributed by atoms with Crippen LogP contribution in [-0.4, -0.2) is 24.7 Å². The summed E-state index contributed by atoms with van der Waals surface area (Å²) in [6.07, 6.45) is 0. The number of carbonyl (C=O) groups is 2. The minimum Gasteiger partial charge on any atom is -0.457 e. The van der Waals surface area contributed by atoms with Gasteiger partial charge in [-0.1, -0.05) is 17.7 Å². The predicted octanol–water partition coefficient (Wildman–Crippen LogP) is 6.59. The molecule has 0 radical (unpaired) electrons. The summed E-state index contributed by atoms with van der Waals surface area (Å²) in [6.45, 7) is 4.67. The zero-order valence-electron chi connectivity index (χ0n) is 20.6. The number of halogens is 1. The average molecular weight is 517 g/mol. The SMILES string of the molecule is Cc1ccc(S(=O)(=O)C(C)(C)C(=O)c2ccc(Oc3ccc(C(=O)c4ccc(F)cc4)cc3)cc2)cc1. The molecule has 188 valence electrons. The van der Waals surface area contributed by atoms with E-state index in [4.69, 9.17) is 4.74 Å². The highest BCUT2D eigenvalue weighted by Crippen LogP contribution is 2.30. The second-order valence-electron chi connectivity index (χ2n) is 9.14. The maximum absolute atomic E-state index is 13.2. The first kappa shape index (κ1) is 26.0. The van der Waals surface area contributed by atoms with Gasteiger partial charge in [-0.2, -0.15) is 0 Å². The van der Waals surface area contributed by atoms with E-state index >= 15 is 0 Å². The van der Waals surface area contributed by atoms with Crippen LogP contribution in [0, 0.1) is 12.7 Å². The highest BCUT2D eigenvalue weighted by molar-refractivity contribution is 7.93. The maximum atomic E-state index is 13.2. The molecule has 4 rings (SSSR count). The van der Waals surface area contributed by atoms with E-state index in [9.17, 15) is 22.4 Å². The van der Waals surface area contributed by atoms with Crippen LogP contribution in [0.1, 0.15) is 45.7 Å². The Hall–Kier alpha value is -4.10. The number of benzene rings is 4. The lowest BCUT2D eigenvalue weighted by Gasteiger charge is -2.23. The third kappa shape index (κ3) is 5.37. The number of ether oxygens (including phenoxy) is 1. The zero-order valence-corrected chi connectivity index (χ0v) is 21.4. The molecule has 0 unspecified atom stereocenters. The summed E-state index contributed by atoms with van der Waals surface area (Å²) >= 11 is 0. The monoisotopic (exact) mass is 516 g/mol. The van der Waals surface area contributed by atoms with E-state index in [0.717, 1.165) is 5.56 Å². The molecule has 37 heavy (non-hydrogen) atoms. The molecule has 0 aliphatic carbocycles. The van der Waals surface area contributed by atoms with Crippen LogP contribution in [0.5, 0.6) is 11.5 Å². The van der Waals surface area contributed by atoms with Crippen molar-refractivity contribution in [2.45, 2.75) is 30.4 Å². The smallest absolute Gasteiger partial charge is 0.193 e. The fraction of sp³-hybridized carbons (Fsp3) is 0.133. The van der Waals surface area contributed by atoms with Crippen molar-refractivity contribution in [3.8, 4) is 11.5 Å². The largest absolute Gasteiger partial charge is 0.457 e. The number of hydrogen-bond donors (Lipinski definition) is 0.